The minimum absolute atomic E-state index is 0.172. The van der Waals surface area contributed by atoms with Crippen LogP contribution in [0.4, 0.5) is 0 Å². The third-order valence-corrected chi connectivity index (χ3v) is 4.18. The van der Waals surface area contributed by atoms with Crippen molar-refractivity contribution in [2.24, 2.45) is 5.73 Å². The molecule has 0 saturated heterocycles. The number of rotatable bonds is 1. The summed E-state index contributed by atoms with van der Waals surface area (Å²) >= 11 is 3.47. The van der Waals surface area contributed by atoms with Gasteiger partial charge in [-0.2, -0.15) is 5.10 Å². The van der Waals surface area contributed by atoms with Crippen molar-refractivity contribution in [1.29, 1.82) is 0 Å². The molecule has 3 N–H and O–H groups in total. The van der Waals surface area contributed by atoms with Crippen molar-refractivity contribution < 1.29 is 0 Å². The van der Waals surface area contributed by atoms with Gasteiger partial charge < -0.3 is 5.73 Å². The van der Waals surface area contributed by atoms with E-state index in [2.05, 4.69) is 44.3 Å². The van der Waals surface area contributed by atoms with E-state index in [9.17, 15) is 0 Å². The van der Waals surface area contributed by atoms with E-state index in [1.807, 2.05) is 0 Å². The molecule has 1 aromatic heterocycles. The molecule has 1 fully saturated rings. The lowest BCUT2D eigenvalue weighted by Crippen LogP contribution is -2.33. The largest absolute Gasteiger partial charge is 0.321 e. The van der Waals surface area contributed by atoms with Gasteiger partial charge in [-0.25, -0.2) is 0 Å². The molecule has 1 saturated carbocycles. The predicted molar refractivity (Wildman–Crippen MR) is 68.1 cm³/mol. The second kappa shape index (κ2) is 3.57. The van der Waals surface area contributed by atoms with Crippen molar-refractivity contribution in [3.05, 3.63) is 28.4 Å². The van der Waals surface area contributed by atoms with E-state index >= 15 is 0 Å². The van der Waals surface area contributed by atoms with Crippen molar-refractivity contribution in [3.63, 3.8) is 0 Å². The molecule has 0 amide bonds. The Balaban J connectivity index is 2.23. The Labute approximate surface area is 103 Å². The smallest absolute Gasteiger partial charge is 0.108 e. The number of H-pyrrole nitrogens is 1. The van der Waals surface area contributed by atoms with E-state index in [1.165, 1.54) is 18.4 Å². The number of para-hydroxylation sites is 1. The molecule has 3 nitrogen and oxygen atoms in total. The Bertz CT molecular complexity index is 526. The number of hydrogen-bond donors (Lipinski definition) is 2. The highest BCUT2D eigenvalue weighted by Gasteiger charge is 2.33. The second-order valence-electron chi connectivity index (χ2n) is 4.60. The summed E-state index contributed by atoms with van der Waals surface area (Å²) < 4.78 is 0.936. The van der Waals surface area contributed by atoms with Crippen LogP contribution in [0.5, 0.6) is 0 Å². The van der Waals surface area contributed by atoms with Gasteiger partial charge in [0.05, 0.1) is 5.52 Å². The summed E-state index contributed by atoms with van der Waals surface area (Å²) in [6.45, 7) is 0. The molecule has 16 heavy (non-hydrogen) atoms. The third-order valence-electron chi connectivity index (χ3n) is 3.57. The molecule has 0 bridgehead atoms. The SMILES string of the molecule is NC1(c2cccc3c(Br)[nH]nc23)CCCC1. The van der Waals surface area contributed by atoms with Crippen LogP contribution in [0.1, 0.15) is 31.2 Å². The molecule has 1 aliphatic rings. The topological polar surface area (TPSA) is 54.7 Å². The fourth-order valence-electron chi connectivity index (χ4n) is 2.68. The lowest BCUT2D eigenvalue weighted by molar-refractivity contribution is 0.465. The van der Waals surface area contributed by atoms with Gasteiger partial charge in [-0.3, -0.25) is 5.10 Å². The van der Waals surface area contributed by atoms with Gasteiger partial charge in [0.15, 0.2) is 0 Å². The van der Waals surface area contributed by atoms with Crippen molar-refractivity contribution in [2.75, 3.05) is 0 Å². The molecule has 0 unspecified atom stereocenters. The lowest BCUT2D eigenvalue weighted by Gasteiger charge is -2.24. The molecule has 1 aromatic carbocycles. The molecule has 0 aliphatic heterocycles. The summed E-state index contributed by atoms with van der Waals surface area (Å²) in [6, 6.07) is 6.23. The van der Waals surface area contributed by atoms with E-state index in [1.54, 1.807) is 0 Å². The number of fused-ring (bicyclic) bond motifs is 1. The van der Waals surface area contributed by atoms with Crippen LogP contribution in [0, 0.1) is 0 Å². The molecule has 1 aliphatic carbocycles. The van der Waals surface area contributed by atoms with Crippen molar-refractivity contribution in [3.8, 4) is 0 Å². The van der Waals surface area contributed by atoms with Crippen LogP contribution in [-0.2, 0) is 5.54 Å². The standard InChI is InChI=1S/C12H14BrN3/c13-11-8-4-3-5-9(10(8)15-16-11)12(14)6-1-2-7-12/h3-5H,1-2,6-7,14H2,(H,15,16). The summed E-state index contributed by atoms with van der Waals surface area (Å²) in [5.41, 5.74) is 8.51. The normalized spacial score (nSPS) is 19.4. The van der Waals surface area contributed by atoms with Crippen LogP contribution in [0.3, 0.4) is 0 Å². The minimum atomic E-state index is -0.172. The van der Waals surface area contributed by atoms with E-state index < -0.39 is 0 Å². The molecule has 3 rings (SSSR count). The summed E-state index contributed by atoms with van der Waals surface area (Å²) in [5.74, 6) is 0. The molecule has 2 aromatic rings. The summed E-state index contributed by atoms with van der Waals surface area (Å²) in [6.07, 6.45) is 4.57. The van der Waals surface area contributed by atoms with E-state index in [-0.39, 0.29) is 5.54 Å². The Hall–Kier alpha value is -0.870. The van der Waals surface area contributed by atoms with Gasteiger partial charge in [-0.1, -0.05) is 31.0 Å². The Morgan fingerprint density at radius 1 is 1.31 bits per heavy atom. The fourth-order valence-corrected chi connectivity index (χ4v) is 3.09. The van der Waals surface area contributed by atoms with Crippen LogP contribution in [0.2, 0.25) is 0 Å². The molecular formula is C12H14BrN3. The van der Waals surface area contributed by atoms with Crippen molar-refractivity contribution in [2.45, 2.75) is 31.2 Å². The van der Waals surface area contributed by atoms with Crippen molar-refractivity contribution in [1.82, 2.24) is 10.2 Å². The fraction of sp³-hybridized carbons (Fsp3) is 0.417. The van der Waals surface area contributed by atoms with E-state index in [0.717, 1.165) is 28.3 Å². The van der Waals surface area contributed by atoms with Crippen LogP contribution in [0.15, 0.2) is 22.8 Å². The first-order valence-corrected chi connectivity index (χ1v) is 6.42. The van der Waals surface area contributed by atoms with Crippen LogP contribution >= 0.6 is 15.9 Å². The monoisotopic (exact) mass is 279 g/mol. The first-order valence-electron chi connectivity index (χ1n) is 5.63. The molecule has 0 atom stereocenters. The van der Waals surface area contributed by atoms with Gasteiger partial charge >= 0.3 is 0 Å². The molecule has 4 heteroatoms. The number of aromatic amines is 1. The number of hydrogen-bond acceptors (Lipinski definition) is 2. The Morgan fingerprint density at radius 3 is 2.81 bits per heavy atom. The number of nitrogens with one attached hydrogen (secondary N) is 1. The Kier molecular flexibility index (Phi) is 2.30. The summed E-state index contributed by atoms with van der Waals surface area (Å²) in [4.78, 5) is 0. The highest BCUT2D eigenvalue weighted by Crippen LogP contribution is 2.39. The quantitative estimate of drug-likeness (QED) is 0.843. The maximum absolute atomic E-state index is 6.49. The molecule has 84 valence electrons. The minimum Gasteiger partial charge on any atom is -0.321 e. The van der Waals surface area contributed by atoms with Gasteiger partial charge in [0.2, 0.25) is 0 Å². The number of nitrogens with zero attached hydrogens (tertiary/aromatic N) is 1. The highest BCUT2D eigenvalue weighted by molar-refractivity contribution is 9.10. The van der Waals surface area contributed by atoms with E-state index in [0.29, 0.717) is 0 Å². The van der Waals surface area contributed by atoms with Crippen molar-refractivity contribution >= 4 is 26.8 Å². The van der Waals surface area contributed by atoms with Crippen LogP contribution in [-0.4, -0.2) is 10.2 Å². The van der Waals surface area contributed by atoms with Gasteiger partial charge in [-0.15, -0.1) is 0 Å². The number of halogens is 1. The molecule has 1 heterocycles. The van der Waals surface area contributed by atoms with Crippen LogP contribution < -0.4 is 5.73 Å². The number of aromatic nitrogens is 2. The zero-order valence-electron chi connectivity index (χ0n) is 8.96. The van der Waals surface area contributed by atoms with Gasteiger partial charge in [-0.05, 0) is 28.8 Å². The summed E-state index contributed by atoms with van der Waals surface area (Å²) in [7, 11) is 0. The van der Waals surface area contributed by atoms with Gasteiger partial charge in [0.1, 0.15) is 4.60 Å². The zero-order chi connectivity index (χ0) is 11.2. The zero-order valence-corrected chi connectivity index (χ0v) is 10.5. The highest BCUT2D eigenvalue weighted by atomic mass is 79.9. The first-order chi connectivity index (χ1) is 7.71. The maximum atomic E-state index is 6.49. The maximum Gasteiger partial charge on any atom is 0.108 e. The van der Waals surface area contributed by atoms with Gasteiger partial charge in [0, 0.05) is 16.5 Å². The average molecular weight is 280 g/mol. The molecule has 0 radical (unpaired) electrons. The predicted octanol–water partition coefficient (Wildman–Crippen LogP) is 3.05. The van der Waals surface area contributed by atoms with Crippen LogP contribution in [0.25, 0.3) is 10.9 Å². The first kappa shape index (κ1) is 10.3. The summed E-state index contributed by atoms with van der Waals surface area (Å²) in [5, 5.41) is 8.44. The Morgan fingerprint density at radius 2 is 2.06 bits per heavy atom. The number of nitrogens with two attached hydrogens (primary N) is 1. The third kappa shape index (κ3) is 1.40. The number of benzene rings is 1. The van der Waals surface area contributed by atoms with Gasteiger partial charge in [0.25, 0.3) is 0 Å². The van der Waals surface area contributed by atoms with E-state index in [4.69, 9.17) is 5.73 Å². The average Bonchev–Trinajstić information content (AvgIpc) is 2.87. The second-order valence-corrected chi connectivity index (χ2v) is 5.40. The lowest BCUT2D eigenvalue weighted by atomic mass is 9.88. The molecular weight excluding hydrogens is 266 g/mol. The molecule has 0 spiro atoms.